The van der Waals surface area contributed by atoms with Crippen molar-refractivity contribution in [2.24, 2.45) is 11.3 Å². The summed E-state index contributed by atoms with van der Waals surface area (Å²) < 4.78 is 6.61. The lowest BCUT2D eigenvalue weighted by atomic mass is 9.51. The topological polar surface area (TPSA) is 98.8 Å². The Morgan fingerprint density at radius 2 is 1.82 bits per heavy atom. The van der Waals surface area contributed by atoms with Crippen LogP contribution in [0.5, 0.6) is 5.75 Å². The van der Waals surface area contributed by atoms with E-state index in [1.54, 1.807) is 6.07 Å². The van der Waals surface area contributed by atoms with Crippen molar-refractivity contribution in [2.75, 3.05) is 26.2 Å². The highest BCUT2D eigenvalue weighted by Crippen LogP contribution is 2.61. The van der Waals surface area contributed by atoms with Gasteiger partial charge in [-0.05, 0) is 94.2 Å². The molecule has 5 unspecified atom stereocenters. The number of carbonyl (C=O) groups excluding carboxylic acids is 2. The summed E-state index contributed by atoms with van der Waals surface area (Å²) in [6.07, 6.45) is 18.1. The number of benzene rings is 1. The van der Waals surface area contributed by atoms with Crippen LogP contribution in [0.1, 0.15) is 76.3 Å². The van der Waals surface area contributed by atoms with Crippen LogP contribution in [0.3, 0.4) is 0 Å². The number of H-pyrrole nitrogens is 1. The Morgan fingerprint density at radius 1 is 0.955 bits per heavy atom. The molecule has 2 N–H and O–H groups in total. The number of fused-ring (bicyclic) bond motifs is 4. The third kappa shape index (κ3) is 4.31. The lowest BCUT2D eigenvalue weighted by Crippen LogP contribution is -2.74. The number of rotatable bonds is 2. The summed E-state index contributed by atoms with van der Waals surface area (Å²) in [5.41, 5.74) is 2.16. The van der Waals surface area contributed by atoms with Gasteiger partial charge in [-0.3, -0.25) is 14.6 Å². The molecule has 3 saturated heterocycles. The number of ether oxygens (including phenoxy) is 1. The van der Waals surface area contributed by atoms with Gasteiger partial charge in [-0.15, -0.1) is 0 Å². The average Bonchev–Trinajstić information content (AvgIpc) is 3.27. The Kier molecular flexibility index (Phi) is 6.81. The number of esters is 1. The first-order chi connectivity index (χ1) is 21.5. The average molecular weight is 595 g/mol. The number of piperidine rings is 1. The molecule has 1 spiro atoms. The zero-order chi connectivity index (χ0) is 29.9. The van der Waals surface area contributed by atoms with Gasteiger partial charge >= 0.3 is 5.97 Å². The molecular weight excluding hydrogens is 552 g/mol. The van der Waals surface area contributed by atoms with Gasteiger partial charge < -0.3 is 24.6 Å². The van der Waals surface area contributed by atoms with Crippen molar-refractivity contribution >= 4 is 39.3 Å². The number of carbonyl (C=O) groups is 2. The molecule has 4 aliphatic heterocycles. The number of nitrogens with one attached hydrogen (secondary N) is 1. The molecule has 3 bridgehead atoms. The maximum absolute atomic E-state index is 13.9. The summed E-state index contributed by atoms with van der Waals surface area (Å²) in [6, 6.07) is 7.40. The molecule has 1 aromatic carbocycles. The second kappa shape index (κ2) is 10.8. The van der Waals surface area contributed by atoms with Gasteiger partial charge in [-0.2, -0.15) is 0 Å². The third-order valence-electron chi connectivity index (χ3n) is 11.2. The Hall–Kier alpha value is -3.65. The highest BCUT2D eigenvalue weighted by atomic mass is 16.6. The van der Waals surface area contributed by atoms with Gasteiger partial charge in [0.2, 0.25) is 5.91 Å². The van der Waals surface area contributed by atoms with Crippen molar-refractivity contribution in [3.05, 3.63) is 54.4 Å². The fourth-order valence-corrected chi connectivity index (χ4v) is 9.48. The van der Waals surface area contributed by atoms with Crippen LogP contribution < -0.4 is 0 Å². The van der Waals surface area contributed by atoms with Crippen molar-refractivity contribution in [1.29, 1.82) is 0 Å². The van der Waals surface area contributed by atoms with Crippen LogP contribution in [0, 0.1) is 11.3 Å². The number of aromatic nitrogens is 2. The van der Waals surface area contributed by atoms with Crippen molar-refractivity contribution < 1.29 is 19.4 Å². The molecule has 8 rings (SSSR count). The highest BCUT2D eigenvalue weighted by molar-refractivity contribution is 6.11. The third-order valence-corrected chi connectivity index (χ3v) is 11.2. The number of hydrogen-bond acceptors (Lipinski definition) is 6. The van der Waals surface area contributed by atoms with Gasteiger partial charge in [-0.25, -0.2) is 0 Å². The SMILES string of the molecule is O=C1CC23CN4CCCCC=CCCC(C=C(c5nccc6c5[nH]c5c(O)cccc56)C2CC4)(O1)C3N1CCCCCC1=O. The molecule has 5 aliphatic rings. The minimum absolute atomic E-state index is 0.0413. The second-order valence-corrected chi connectivity index (χ2v) is 13.8. The maximum atomic E-state index is 13.9. The molecule has 6 heterocycles. The maximum Gasteiger partial charge on any atom is 0.307 e. The normalized spacial score (nSPS) is 32.9. The van der Waals surface area contributed by atoms with Crippen LogP contribution in [0.2, 0.25) is 0 Å². The molecule has 3 aromatic rings. The lowest BCUT2D eigenvalue weighted by molar-refractivity contribution is -0.208. The highest BCUT2D eigenvalue weighted by Gasteiger charge is 2.67. The molecule has 230 valence electrons. The Balaban J connectivity index is 1.39. The van der Waals surface area contributed by atoms with Crippen LogP contribution in [0.25, 0.3) is 27.4 Å². The van der Waals surface area contributed by atoms with Gasteiger partial charge in [-0.1, -0.05) is 30.7 Å². The molecule has 1 amide bonds. The number of aromatic hydroxyl groups is 1. The van der Waals surface area contributed by atoms with Gasteiger partial charge in [0.1, 0.15) is 5.75 Å². The van der Waals surface area contributed by atoms with Crippen molar-refractivity contribution in [2.45, 2.75) is 82.3 Å². The van der Waals surface area contributed by atoms with E-state index in [-0.39, 0.29) is 29.6 Å². The van der Waals surface area contributed by atoms with E-state index in [1.165, 1.54) is 0 Å². The van der Waals surface area contributed by atoms with E-state index < -0.39 is 11.0 Å². The van der Waals surface area contributed by atoms with Gasteiger partial charge in [0.05, 0.1) is 29.2 Å². The summed E-state index contributed by atoms with van der Waals surface area (Å²) in [6.45, 7) is 3.44. The first-order valence-electron chi connectivity index (χ1n) is 16.7. The Labute approximate surface area is 258 Å². The van der Waals surface area contributed by atoms with Gasteiger partial charge in [0, 0.05) is 41.9 Å². The number of phenols is 1. The Morgan fingerprint density at radius 3 is 2.75 bits per heavy atom. The Bertz CT molecular complexity index is 1690. The van der Waals surface area contributed by atoms with E-state index >= 15 is 0 Å². The van der Waals surface area contributed by atoms with Crippen LogP contribution in [-0.2, 0) is 14.3 Å². The number of nitrogens with zero attached hydrogens (tertiary/aromatic N) is 3. The smallest absolute Gasteiger partial charge is 0.307 e. The molecule has 0 saturated carbocycles. The van der Waals surface area contributed by atoms with Crippen LogP contribution in [-0.4, -0.2) is 74.6 Å². The number of phenolic OH excluding ortho intramolecular Hbond substituents is 1. The van der Waals surface area contributed by atoms with E-state index in [0.29, 0.717) is 31.3 Å². The molecule has 2 aromatic heterocycles. The minimum Gasteiger partial charge on any atom is -0.506 e. The van der Waals surface area contributed by atoms with Gasteiger partial charge in [0.15, 0.2) is 5.60 Å². The molecule has 8 nitrogen and oxygen atoms in total. The second-order valence-electron chi connectivity index (χ2n) is 13.8. The molecule has 44 heavy (non-hydrogen) atoms. The van der Waals surface area contributed by atoms with Crippen molar-refractivity contribution in [3.8, 4) is 5.75 Å². The standard InChI is InChI=1S/C36H42N4O4/c41-28-12-10-11-24-25-14-17-37-32(33(25)38-31(24)28)26-21-36-16-7-3-1-2-4-8-18-39-20-15-27(26)35(23-39,22-30(43)44-36)34(36)40-19-9-5-6-13-29(40)42/h1,3,10-12,14,17,21,27,34,38,41H,2,4-9,13,15-16,18-20,22-23H2. The summed E-state index contributed by atoms with van der Waals surface area (Å²) in [5.74, 6) is 0.310. The van der Waals surface area contributed by atoms with Crippen LogP contribution in [0.4, 0.5) is 0 Å². The number of allylic oxidation sites excluding steroid dienone is 3. The predicted molar refractivity (Wildman–Crippen MR) is 170 cm³/mol. The quantitative estimate of drug-likeness (QED) is 0.275. The summed E-state index contributed by atoms with van der Waals surface area (Å²) in [4.78, 5) is 41.0. The number of para-hydroxylation sites is 1. The molecule has 0 radical (unpaired) electrons. The van der Waals surface area contributed by atoms with Crippen molar-refractivity contribution in [1.82, 2.24) is 19.8 Å². The number of pyridine rings is 1. The first kappa shape index (κ1) is 27.9. The van der Waals surface area contributed by atoms with Gasteiger partial charge in [0.25, 0.3) is 0 Å². The number of aromatic amines is 1. The largest absolute Gasteiger partial charge is 0.506 e. The van der Waals surface area contributed by atoms with E-state index in [4.69, 9.17) is 9.72 Å². The fourth-order valence-electron chi connectivity index (χ4n) is 9.48. The van der Waals surface area contributed by atoms with E-state index in [2.05, 4.69) is 33.0 Å². The van der Waals surface area contributed by atoms with E-state index in [9.17, 15) is 14.7 Å². The summed E-state index contributed by atoms with van der Waals surface area (Å²) in [7, 11) is 0. The number of amides is 1. The molecular formula is C36H42N4O4. The van der Waals surface area contributed by atoms with E-state index in [1.807, 2.05) is 24.4 Å². The predicted octanol–water partition coefficient (Wildman–Crippen LogP) is 6.10. The first-order valence-corrected chi connectivity index (χ1v) is 16.7. The van der Waals surface area contributed by atoms with Crippen molar-refractivity contribution in [3.63, 3.8) is 0 Å². The fraction of sp³-hybridized carbons (Fsp3) is 0.528. The monoisotopic (exact) mass is 594 g/mol. The molecule has 3 fully saturated rings. The minimum atomic E-state index is -0.944. The number of likely N-dealkylation sites (tertiary alicyclic amines) is 1. The molecule has 5 atom stereocenters. The zero-order valence-electron chi connectivity index (χ0n) is 25.4. The molecule has 8 heteroatoms. The summed E-state index contributed by atoms with van der Waals surface area (Å²) in [5, 5.41) is 12.7. The molecule has 1 aliphatic carbocycles. The van der Waals surface area contributed by atoms with E-state index in [0.717, 1.165) is 98.6 Å². The lowest BCUT2D eigenvalue weighted by Gasteiger charge is -2.64. The van der Waals surface area contributed by atoms with Crippen LogP contribution >= 0.6 is 0 Å². The van der Waals surface area contributed by atoms with Crippen LogP contribution in [0.15, 0.2) is 48.7 Å². The zero-order valence-corrected chi connectivity index (χ0v) is 25.4. The number of hydrogen-bond donors (Lipinski definition) is 2. The summed E-state index contributed by atoms with van der Waals surface area (Å²) >= 11 is 0.